The number of amides is 2. The van der Waals surface area contributed by atoms with E-state index in [1.165, 1.54) is 9.03 Å². The van der Waals surface area contributed by atoms with Crippen molar-refractivity contribution in [2.24, 2.45) is 0 Å². The monoisotopic (exact) mass is 1210 g/mol. The number of rotatable bonds is 18. The molecule has 8 aromatic heterocycles. The summed E-state index contributed by atoms with van der Waals surface area (Å²) in [6.45, 7) is 9.88. The van der Waals surface area contributed by atoms with Crippen LogP contribution in [0.2, 0.25) is 0 Å². The molecular weight excluding hydrogens is 1150 g/mol. The van der Waals surface area contributed by atoms with Gasteiger partial charge in [-0.25, -0.2) is 19.3 Å². The molecule has 0 unspecified atom stereocenters. The van der Waals surface area contributed by atoms with Gasteiger partial charge in [0.15, 0.2) is 46.2 Å². The van der Waals surface area contributed by atoms with Gasteiger partial charge >= 0.3 is 0 Å². The Morgan fingerprint density at radius 3 is 1.29 bits per heavy atom. The average molecular weight is 1220 g/mol. The summed E-state index contributed by atoms with van der Waals surface area (Å²) < 4.78 is 38.7. The molecule has 26 heteroatoms. The molecule has 2 aliphatic rings. The van der Waals surface area contributed by atoms with Gasteiger partial charge in [0.2, 0.25) is 23.5 Å². The fourth-order valence-corrected chi connectivity index (χ4v) is 11.7. The number of piperazine rings is 2. The van der Waals surface area contributed by atoms with Crippen LogP contribution in [0.5, 0.6) is 11.5 Å². The van der Waals surface area contributed by atoms with Crippen LogP contribution < -0.4 is 30.7 Å². The van der Waals surface area contributed by atoms with Crippen molar-refractivity contribution in [3.8, 4) is 34.7 Å². The second kappa shape index (κ2) is 25.5. The van der Waals surface area contributed by atoms with Crippen LogP contribution in [-0.2, 0) is 19.1 Å². The van der Waals surface area contributed by atoms with Gasteiger partial charge in [0.25, 0.3) is 11.8 Å². The molecule has 0 saturated carbocycles. The van der Waals surface area contributed by atoms with E-state index in [4.69, 9.17) is 39.2 Å². The fourth-order valence-electron chi connectivity index (χ4n) is 11.7. The Labute approximate surface area is 515 Å². The summed E-state index contributed by atoms with van der Waals surface area (Å²) in [7, 11) is 3.30. The topological polar surface area (TPSA) is 284 Å². The van der Waals surface area contributed by atoms with E-state index in [0.717, 1.165) is 34.0 Å². The minimum atomic E-state index is -0.757. The van der Waals surface area contributed by atoms with Crippen LogP contribution in [0.15, 0.2) is 167 Å². The van der Waals surface area contributed by atoms with E-state index in [0.29, 0.717) is 122 Å². The SMILES string of the molecule is COCCOc1ccc(N2CCN(C(=O)[C@@H](c3ccccc3)n3ncc4c3nc(N)n3nc(-c5ccco5)nc43)C[C@@H]2C)cc1.COCCOc1ccc(N2CCN(C(=O)[C@H](c3ccccc3)n3ncc4c3nc(N)n3nc(-c5ccco5)nc43)C[C@@H]2C)cc1. The molecule has 4 aromatic carbocycles. The number of carbonyl (C=O) groups is 2. The van der Waals surface area contributed by atoms with Gasteiger partial charge in [0, 0.05) is 76.9 Å². The highest BCUT2D eigenvalue weighted by molar-refractivity contribution is 5.94. The average Bonchev–Trinajstić information content (AvgIpc) is 1.60. The zero-order chi connectivity index (χ0) is 61.8. The van der Waals surface area contributed by atoms with Gasteiger partial charge < -0.3 is 58.8 Å². The third-order valence-corrected chi connectivity index (χ3v) is 16.1. The van der Waals surface area contributed by atoms with Crippen molar-refractivity contribution in [3.63, 3.8) is 0 Å². The second-order valence-electron chi connectivity index (χ2n) is 21.8. The number of benzene rings is 4. The lowest BCUT2D eigenvalue weighted by atomic mass is 10.0. The molecule has 0 spiro atoms. The van der Waals surface area contributed by atoms with E-state index in [1.807, 2.05) is 94.7 Å². The number of hydrogen-bond acceptors (Lipinski definition) is 20. The van der Waals surface area contributed by atoms with Crippen molar-refractivity contribution in [1.82, 2.24) is 68.5 Å². The number of methoxy groups -OCH3 is 2. The molecule has 0 aliphatic carbocycles. The molecule has 4 atom stereocenters. The van der Waals surface area contributed by atoms with Crippen LogP contribution in [0.25, 0.3) is 56.5 Å². The lowest BCUT2D eigenvalue weighted by molar-refractivity contribution is -0.135. The summed E-state index contributed by atoms with van der Waals surface area (Å²) >= 11 is 0. The standard InChI is InChI=1S/2C32H33N9O4/c2*1-21-20-38(14-15-39(21)23-10-12-24(13-11-23)44-18-17-43-2)31(42)27(22-7-4-3-5-8-22)40-30-25(19-34-40)29-35-28(26-9-6-16-45-26)37-41(29)32(33)36-30/h2*3-13,16,19,21,27H,14-15,17-18,20H2,1-2H3,(H2,33,36)/t21-,27+;21-,27-/m00/s1. The number of nitrogens with zero attached hydrogens (tertiary/aromatic N) is 16. The maximum Gasteiger partial charge on any atom is 0.252 e. The van der Waals surface area contributed by atoms with Crippen LogP contribution in [0.3, 0.4) is 0 Å². The van der Waals surface area contributed by atoms with Gasteiger partial charge in [-0.2, -0.15) is 29.2 Å². The first kappa shape index (κ1) is 58.2. The zero-order valence-corrected chi connectivity index (χ0v) is 50.0. The molecule has 14 rings (SSSR count). The molecule has 10 heterocycles. The lowest BCUT2D eigenvalue weighted by Gasteiger charge is -2.42. The molecule has 90 heavy (non-hydrogen) atoms. The number of aromatic nitrogens is 12. The number of nitrogen functional groups attached to an aromatic ring is 2. The quantitative estimate of drug-likeness (QED) is 0.0795. The number of fused-ring (bicyclic) bond motifs is 6. The predicted octanol–water partition coefficient (Wildman–Crippen LogP) is 7.34. The first-order valence-electron chi connectivity index (χ1n) is 29.5. The Bertz CT molecular complexity index is 4120. The van der Waals surface area contributed by atoms with Gasteiger partial charge in [0.1, 0.15) is 24.7 Å². The van der Waals surface area contributed by atoms with Gasteiger partial charge in [-0.1, -0.05) is 60.7 Å². The number of hydrogen-bond donors (Lipinski definition) is 2. The van der Waals surface area contributed by atoms with Crippen LogP contribution in [0.4, 0.5) is 23.3 Å². The van der Waals surface area contributed by atoms with Crippen molar-refractivity contribution in [3.05, 3.63) is 170 Å². The molecule has 26 nitrogen and oxygen atoms in total. The van der Waals surface area contributed by atoms with Crippen LogP contribution in [0, 0.1) is 0 Å². The zero-order valence-electron chi connectivity index (χ0n) is 50.0. The Kier molecular flexibility index (Phi) is 16.5. The predicted molar refractivity (Wildman–Crippen MR) is 336 cm³/mol. The van der Waals surface area contributed by atoms with Gasteiger partial charge in [0.05, 0.1) is 48.9 Å². The molecule has 2 aliphatic heterocycles. The van der Waals surface area contributed by atoms with Crippen LogP contribution in [0.1, 0.15) is 37.1 Å². The largest absolute Gasteiger partial charge is 0.491 e. The molecule has 0 radical (unpaired) electrons. The summed E-state index contributed by atoms with van der Waals surface area (Å²) in [5.41, 5.74) is 18.3. The molecular formula is C64H66N18O8. The van der Waals surface area contributed by atoms with E-state index in [-0.39, 0.29) is 35.8 Å². The number of nitrogens with two attached hydrogens (primary N) is 2. The van der Waals surface area contributed by atoms with Crippen molar-refractivity contribution >= 4 is 68.4 Å². The first-order chi connectivity index (χ1) is 44.0. The summed E-state index contributed by atoms with van der Waals surface area (Å²) in [6.07, 6.45) is 6.43. The molecule has 2 saturated heterocycles. The van der Waals surface area contributed by atoms with Crippen molar-refractivity contribution in [2.75, 3.05) is 101 Å². The highest BCUT2D eigenvalue weighted by Gasteiger charge is 2.37. The molecule has 0 bridgehead atoms. The fraction of sp³-hybridized carbons (Fsp3) is 0.281. The maximum atomic E-state index is 14.4. The molecule has 12 aromatic rings. The van der Waals surface area contributed by atoms with Gasteiger partial charge in [-0.3, -0.25) is 9.59 Å². The Morgan fingerprint density at radius 1 is 0.511 bits per heavy atom. The van der Waals surface area contributed by atoms with E-state index in [2.05, 4.69) is 88.2 Å². The number of furan rings is 2. The Morgan fingerprint density at radius 2 is 0.922 bits per heavy atom. The highest BCUT2D eigenvalue weighted by atomic mass is 16.5. The van der Waals surface area contributed by atoms with E-state index >= 15 is 0 Å². The van der Waals surface area contributed by atoms with Crippen molar-refractivity contribution in [1.29, 1.82) is 0 Å². The molecule has 2 amide bonds. The molecule has 460 valence electrons. The molecule has 4 N–H and O–H groups in total. The van der Waals surface area contributed by atoms with E-state index in [1.54, 1.807) is 72.8 Å². The summed E-state index contributed by atoms with van der Waals surface area (Å²) in [4.78, 5) is 55.9. The van der Waals surface area contributed by atoms with Crippen LogP contribution in [-0.4, -0.2) is 172 Å². The van der Waals surface area contributed by atoms with E-state index in [9.17, 15) is 9.59 Å². The third-order valence-electron chi connectivity index (χ3n) is 16.1. The van der Waals surface area contributed by atoms with Crippen molar-refractivity contribution < 1.29 is 37.4 Å². The lowest BCUT2D eigenvalue weighted by Crippen LogP contribution is -2.55. The number of carbonyl (C=O) groups excluding carboxylic acids is 2. The number of ether oxygens (including phenoxy) is 4. The minimum absolute atomic E-state index is 0.0717. The number of anilines is 4. The summed E-state index contributed by atoms with van der Waals surface area (Å²) in [6, 6.07) is 41.0. The maximum absolute atomic E-state index is 14.4. The van der Waals surface area contributed by atoms with Gasteiger partial charge in [-0.15, -0.1) is 10.2 Å². The Balaban J connectivity index is 0.000000165. The Hall–Kier alpha value is -10.9. The smallest absolute Gasteiger partial charge is 0.252 e. The normalized spacial score (nSPS) is 16.0. The molecule has 2 fully saturated rings. The third kappa shape index (κ3) is 11.5. The minimum Gasteiger partial charge on any atom is -0.491 e. The van der Waals surface area contributed by atoms with E-state index < -0.39 is 12.1 Å². The first-order valence-corrected chi connectivity index (χ1v) is 29.5. The van der Waals surface area contributed by atoms with Crippen molar-refractivity contribution in [2.45, 2.75) is 38.0 Å². The highest BCUT2D eigenvalue weighted by Crippen LogP contribution is 2.34. The summed E-state index contributed by atoms with van der Waals surface area (Å²) in [5.74, 6) is 3.48. The van der Waals surface area contributed by atoms with Crippen LogP contribution >= 0.6 is 0 Å². The summed E-state index contributed by atoms with van der Waals surface area (Å²) in [5, 5.41) is 19.6. The van der Waals surface area contributed by atoms with Gasteiger partial charge in [-0.05, 0) is 97.8 Å². The second-order valence-corrected chi connectivity index (χ2v) is 21.8.